The summed E-state index contributed by atoms with van der Waals surface area (Å²) in [5.74, 6) is 0.643. The van der Waals surface area contributed by atoms with Crippen LogP contribution in [0.4, 0.5) is 9.39 Å². The molecule has 144 valence electrons. The minimum atomic E-state index is -0.565. The molecule has 4 rings (SSSR count). The van der Waals surface area contributed by atoms with Crippen molar-refractivity contribution in [3.8, 4) is 27.9 Å². The molecule has 3 heterocycles. The van der Waals surface area contributed by atoms with Crippen molar-refractivity contribution in [3.05, 3.63) is 46.2 Å². The molecular formula is C19H15Cl2FN4OS. The number of aromatic amines is 1. The Balaban J connectivity index is 1.91. The molecule has 2 aromatic heterocycles. The fourth-order valence-corrected chi connectivity index (χ4v) is 5.01. The number of nitrogens with one attached hydrogen (secondary N) is 1. The Morgan fingerprint density at radius 3 is 2.96 bits per heavy atom. The molecule has 1 saturated heterocycles. The molecule has 0 amide bonds. The van der Waals surface area contributed by atoms with E-state index in [0.29, 0.717) is 52.3 Å². The number of nitriles is 1. The van der Waals surface area contributed by atoms with Gasteiger partial charge in [-0.05, 0) is 12.1 Å². The lowest BCUT2D eigenvalue weighted by molar-refractivity contribution is 0.0249. The van der Waals surface area contributed by atoms with Crippen molar-refractivity contribution in [2.75, 3.05) is 31.3 Å². The van der Waals surface area contributed by atoms with Crippen molar-refractivity contribution in [1.29, 1.82) is 5.26 Å². The van der Waals surface area contributed by atoms with E-state index in [1.165, 1.54) is 11.3 Å². The summed E-state index contributed by atoms with van der Waals surface area (Å²) in [5, 5.41) is 11.7. The molecular weight excluding hydrogens is 422 g/mol. The zero-order valence-electron chi connectivity index (χ0n) is 14.6. The number of ether oxygens (including phenoxy) is 1. The number of benzene rings is 1. The molecule has 1 aliphatic rings. The second-order valence-electron chi connectivity index (χ2n) is 6.25. The predicted molar refractivity (Wildman–Crippen MR) is 110 cm³/mol. The van der Waals surface area contributed by atoms with Crippen LogP contribution in [0.3, 0.4) is 0 Å². The van der Waals surface area contributed by atoms with Crippen molar-refractivity contribution in [2.45, 2.75) is 6.10 Å². The first kappa shape index (κ1) is 19.2. The smallest absolute Gasteiger partial charge is 0.148 e. The first-order valence-electron chi connectivity index (χ1n) is 8.57. The zero-order valence-corrected chi connectivity index (χ0v) is 16.9. The molecule has 1 fully saturated rings. The predicted octanol–water partition coefficient (Wildman–Crippen LogP) is 5.16. The van der Waals surface area contributed by atoms with Gasteiger partial charge in [0.05, 0.1) is 17.0 Å². The summed E-state index contributed by atoms with van der Waals surface area (Å²) in [6, 6.07) is 7.50. The highest BCUT2D eigenvalue weighted by atomic mass is 35.5. The van der Waals surface area contributed by atoms with Gasteiger partial charge in [0.1, 0.15) is 29.7 Å². The SMILES string of the molecule is N#Cc1c(N2CCOC(CF)C2)sc(-c2ncc[nH]2)c1-c1ccc(Cl)cc1Cl. The van der Waals surface area contributed by atoms with Gasteiger partial charge >= 0.3 is 0 Å². The minimum absolute atomic E-state index is 0.386. The van der Waals surface area contributed by atoms with Gasteiger partial charge in [-0.25, -0.2) is 9.37 Å². The molecule has 28 heavy (non-hydrogen) atoms. The summed E-state index contributed by atoms with van der Waals surface area (Å²) in [7, 11) is 0. The summed E-state index contributed by atoms with van der Waals surface area (Å²) < 4.78 is 18.6. The van der Waals surface area contributed by atoms with Crippen molar-refractivity contribution in [3.63, 3.8) is 0 Å². The van der Waals surface area contributed by atoms with Crippen LogP contribution in [0.15, 0.2) is 30.6 Å². The van der Waals surface area contributed by atoms with E-state index < -0.39 is 12.8 Å². The van der Waals surface area contributed by atoms with Gasteiger partial charge in [-0.2, -0.15) is 5.26 Å². The molecule has 1 atom stereocenters. The number of halogens is 3. The van der Waals surface area contributed by atoms with Gasteiger partial charge in [-0.3, -0.25) is 0 Å². The van der Waals surface area contributed by atoms with Crippen LogP contribution < -0.4 is 4.90 Å². The zero-order chi connectivity index (χ0) is 19.7. The van der Waals surface area contributed by atoms with Gasteiger partial charge in [0.15, 0.2) is 0 Å². The van der Waals surface area contributed by atoms with Crippen molar-refractivity contribution in [1.82, 2.24) is 9.97 Å². The average molecular weight is 437 g/mol. The van der Waals surface area contributed by atoms with Crippen molar-refractivity contribution < 1.29 is 9.13 Å². The minimum Gasteiger partial charge on any atom is -0.372 e. The van der Waals surface area contributed by atoms with Gasteiger partial charge in [0.25, 0.3) is 0 Å². The third kappa shape index (κ3) is 3.49. The van der Waals surface area contributed by atoms with Crippen LogP contribution in [0.25, 0.3) is 21.8 Å². The molecule has 3 aromatic rings. The number of thiophene rings is 1. The quantitative estimate of drug-likeness (QED) is 0.613. The third-order valence-corrected chi connectivity index (χ3v) is 6.32. The Morgan fingerprint density at radius 2 is 2.29 bits per heavy atom. The maximum absolute atomic E-state index is 13.2. The van der Waals surface area contributed by atoms with Crippen LogP contribution in [-0.2, 0) is 4.74 Å². The molecule has 1 unspecified atom stereocenters. The van der Waals surface area contributed by atoms with E-state index in [1.807, 2.05) is 4.90 Å². The van der Waals surface area contributed by atoms with Crippen LogP contribution in [0, 0.1) is 11.3 Å². The van der Waals surface area contributed by atoms with Crippen LogP contribution >= 0.6 is 34.5 Å². The van der Waals surface area contributed by atoms with E-state index >= 15 is 0 Å². The Hall–Kier alpha value is -2.11. The van der Waals surface area contributed by atoms with Gasteiger partial charge < -0.3 is 14.6 Å². The average Bonchev–Trinajstić information content (AvgIpc) is 3.35. The molecule has 1 N–H and O–H groups in total. The maximum atomic E-state index is 13.2. The lowest BCUT2D eigenvalue weighted by Gasteiger charge is -2.32. The monoisotopic (exact) mass is 436 g/mol. The van der Waals surface area contributed by atoms with Crippen LogP contribution in [0.1, 0.15) is 5.56 Å². The maximum Gasteiger partial charge on any atom is 0.148 e. The van der Waals surface area contributed by atoms with Crippen LogP contribution in [0.5, 0.6) is 0 Å². The van der Waals surface area contributed by atoms with Crippen molar-refractivity contribution >= 4 is 39.5 Å². The summed E-state index contributed by atoms with van der Waals surface area (Å²) >= 11 is 14.0. The van der Waals surface area contributed by atoms with E-state index in [2.05, 4.69) is 16.0 Å². The number of alkyl halides is 1. The number of rotatable bonds is 4. The molecule has 0 saturated carbocycles. The van der Waals surface area contributed by atoms with Gasteiger partial charge in [-0.15, -0.1) is 11.3 Å². The molecule has 9 heteroatoms. The number of hydrogen-bond donors (Lipinski definition) is 1. The van der Waals surface area contributed by atoms with Crippen LogP contribution in [0.2, 0.25) is 10.0 Å². The van der Waals surface area contributed by atoms with Gasteiger partial charge in [0.2, 0.25) is 0 Å². The van der Waals surface area contributed by atoms with Gasteiger partial charge in [0, 0.05) is 46.7 Å². The summed E-state index contributed by atoms with van der Waals surface area (Å²) in [4.78, 5) is 10.2. The second-order valence-corrected chi connectivity index (χ2v) is 8.10. The van der Waals surface area contributed by atoms with E-state index in [4.69, 9.17) is 27.9 Å². The molecule has 0 bridgehead atoms. The number of aromatic nitrogens is 2. The number of hydrogen-bond acceptors (Lipinski definition) is 5. The molecule has 1 aromatic carbocycles. The summed E-state index contributed by atoms with van der Waals surface area (Å²) in [6.07, 6.45) is 2.88. The Morgan fingerprint density at radius 1 is 1.43 bits per heavy atom. The molecule has 0 aliphatic carbocycles. The topological polar surface area (TPSA) is 64.9 Å². The fraction of sp³-hybridized carbons (Fsp3) is 0.263. The van der Waals surface area contributed by atoms with E-state index in [9.17, 15) is 9.65 Å². The molecule has 0 radical (unpaired) electrons. The Labute approximate surface area is 175 Å². The normalized spacial score (nSPS) is 16.9. The molecule has 1 aliphatic heterocycles. The van der Waals surface area contributed by atoms with Crippen LogP contribution in [-0.4, -0.2) is 42.4 Å². The largest absolute Gasteiger partial charge is 0.372 e. The van der Waals surface area contributed by atoms with Gasteiger partial charge in [-0.1, -0.05) is 29.3 Å². The summed E-state index contributed by atoms with van der Waals surface area (Å²) in [5.41, 5.74) is 1.88. The summed E-state index contributed by atoms with van der Waals surface area (Å²) in [6.45, 7) is 0.809. The first-order chi connectivity index (χ1) is 13.6. The Bertz CT molecular complexity index is 1030. The third-order valence-electron chi connectivity index (χ3n) is 4.51. The number of H-pyrrole nitrogens is 1. The number of anilines is 1. The lowest BCUT2D eigenvalue weighted by atomic mass is 10.0. The number of morpholine rings is 1. The van der Waals surface area contributed by atoms with E-state index in [1.54, 1.807) is 30.6 Å². The number of imidazole rings is 1. The molecule has 5 nitrogen and oxygen atoms in total. The fourth-order valence-electron chi connectivity index (χ4n) is 3.25. The van der Waals surface area contributed by atoms with E-state index in [-0.39, 0.29) is 0 Å². The Kier molecular flexibility index (Phi) is 5.56. The lowest BCUT2D eigenvalue weighted by Crippen LogP contribution is -2.43. The standard InChI is InChI=1S/C19H15Cl2FN4OS/c20-11-1-2-13(15(21)7-11)16-14(9-23)19(26-5-6-27-12(8-22)10-26)28-17(16)18-24-3-4-25-18/h1-4,7,12H,5-6,8,10H2,(H,24,25). The van der Waals surface area contributed by atoms with E-state index in [0.717, 1.165) is 9.88 Å². The van der Waals surface area contributed by atoms with Crippen molar-refractivity contribution in [2.24, 2.45) is 0 Å². The highest BCUT2D eigenvalue weighted by molar-refractivity contribution is 7.20. The highest BCUT2D eigenvalue weighted by Crippen LogP contribution is 2.48. The number of nitrogens with zero attached hydrogens (tertiary/aromatic N) is 3. The second kappa shape index (κ2) is 8.10. The first-order valence-corrected chi connectivity index (χ1v) is 10.1. The molecule has 0 spiro atoms. The highest BCUT2D eigenvalue weighted by Gasteiger charge is 2.29.